The van der Waals surface area contributed by atoms with Gasteiger partial charge in [0, 0.05) is 27.1 Å². The predicted molar refractivity (Wildman–Crippen MR) is 81.6 cm³/mol. The summed E-state index contributed by atoms with van der Waals surface area (Å²) in [5, 5.41) is 0. The van der Waals surface area contributed by atoms with Crippen LogP contribution in [0.5, 0.6) is 0 Å². The number of amides is 1. The molecule has 0 radical (unpaired) electrons. The number of likely N-dealkylation sites (tertiary alicyclic amines) is 1. The van der Waals surface area contributed by atoms with Gasteiger partial charge in [0.15, 0.2) is 0 Å². The lowest BCUT2D eigenvalue weighted by Crippen LogP contribution is -2.43. The van der Waals surface area contributed by atoms with Crippen molar-refractivity contribution in [3.8, 4) is 0 Å². The molecular weight excluding hydrogens is 393 g/mol. The number of carbonyl (C=O) groups is 1. The average molecular weight is 408 g/mol. The van der Waals surface area contributed by atoms with E-state index in [2.05, 4.69) is 45.4 Å². The van der Waals surface area contributed by atoms with Gasteiger partial charge in [-0.25, -0.2) is 0 Å². The van der Waals surface area contributed by atoms with Gasteiger partial charge in [-0.1, -0.05) is 28.9 Å². The van der Waals surface area contributed by atoms with Crippen LogP contribution < -0.4 is 0 Å². The van der Waals surface area contributed by atoms with Crippen molar-refractivity contribution in [3.05, 3.63) is 33.4 Å². The maximum atomic E-state index is 12.3. The van der Waals surface area contributed by atoms with Crippen LogP contribution in [0.1, 0.15) is 23.7 Å². The van der Waals surface area contributed by atoms with E-state index < -0.39 is 0 Å². The first-order valence-corrected chi connectivity index (χ1v) is 7.76. The first-order valence-electron chi connectivity index (χ1n) is 5.77. The number of nitrogens with zero attached hydrogens (tertiary/aromatic N) is 1. The molecule has 4 heteroatoms. The smallest absolute Gasteiger partial charge is 0.253 e. The van der Waals surface area contributed by atoms with Crippen LogP contribution in [0.2, 0.25) is 0 Å². The summed E-state index contributed by atoms with van der Waals surface area (Å²) >= 11 is 5.90. The summed E-state index contributed by atoms with van der Waals surface area (Å²) in [6.45, 7) is 3.89. The van der Waals surface area contributed by atoms with Gasteiger partial charge in [-0.05, 0) is 53.1 Å². The van der Waals surface area contributed by atoms with Gasteiger partial charge < -0.3 is 4.90 Å². The van der Waals surface area contributed by atoms with Crippen LogP contribution in [-0.4, -0.2) is 28.7 Å². The van der Waals surface area contributed by atoms with Crippen LogP contribution in [-0.2, 0) is 0 Å². The molecule has 0 spiro atoms. The summed E-state index contributed by atoms with van der Waals surface area (Å²) in [7, 11) is 0. The fourth-order valence-electron chi connectivity index (χ4n) is 2.11. The second-order valence-electron chi connectivity index (χ2n) is 4.54. The number of halogens is 2. The molecule has 17 heavy (non-hydrogen) atoms. The Morgan fingerprint density at radius 2 is 2.29 bits per heavy atom. The Labute approximate surface area is 124 Å². The minimum atomic E-state index is 0.162. The van der Waals surface area contributed by atoms with Gasteiger partial charge in [0.25, 0.3) is 5.91 Å². The highest BCUT2D eigenvalue weighted by atomic mass is 127. The van der Waals surface area contributed by atoms with E-state index in [4.69, 9.17) is 0 Å². The summed E-state index contributed by atoms with van der Waals surface area (Å²) in [4.78, 5) is 14.8. The topological polar surface area (TPSA) is 20.3 Å². The molecule has 1 aliphatic rings. The van der Waals surface area contributed by atoms with Crippen LogP contribution in [0.15, 0.2) is 24.3 Å². The molecule has 0 aliphatic carbocycles. The van der Waals surface area contributed by atoms with Gasteiger partial charge in [0.1, 0.15) is 0 Å². The van der Waals surface area contributed by atoms with Crippen molar-refractivity contribution in [2.45, 2.75) is 18.2 Å². The van der Waals surface area contributed by atoms with E-state index in [1.165, 1.54) is 0 Å². The molecule has 1 fully saturated rings. The second-order valence-corrected chi connectivity index (χ2v) is 6.97. The van der Waals surface area contributed by atoms with E-state index in [1.54, 1.807) is 0 Å². The molecule has 0 saturated carbocycles. The number of rotatable bonds is 1. The lowest BCUT2D eigenvalue weighted by molar-refractivity contribution is 0.0690. The van der Waals surface area contributed by atoms with Crippen LogP contribution in [0.4, 0.5) is 0 Å². The standard InChI is InChI=1S/C13H15BrINO/c1-9-8-16(6-5-12(9)14)13(17)10-3-2-4-11(15)7-10/h2-4,7,9,12H,5-6,8H2,1H3. The van der Waals surface area contributed by atoms with Crippen LogP contribution in [0.25, 0.3) is 0 Å². The van der Waals surface area contributed by atoms with Crippen molar-refractivity contribution in [3.63, 3.8) is 0 Å². The molecule has 2 unspecified atom stereocenters. The Bertz CT molecular complexity index is 424. The Kier molecular flexibility index (Phi) is 4.47. The Balaban J connectivity index is 2.10. The van der Waals surface area contributed by atoms with E-state index >= 15 is 0 Å². The molecule has 92 valence electrons. The fourth-order valence-corrected chi connectivity index (χ4v) is 3.02. The third kappa shape index (κ3) is 3.22. The van der Waals surface area contributed by atoms with Crippen molar-refractivity contribution >= 4 is 44.4 Å². The molecule has 1 heterocycles. The van der Waals surface area contributed by atoms with Crippen molar-refractivity contribution in [1.29, 1.82) is 0 Å². The second kappa shape index (κ2) is 5.69. The number of hydrogen-bond acceptors (Lipinski definition) is 1. The zero-order chi connectivity index (χ0) is 12.4. The van der Waals surface area contributed by atoms with Crippen molar-refractivity contribution in [2.75, 3.05) is 13.1 Å². The number of piperidine rings is 1. The third-order valence-corrected chi connectivity index (χ3v) is 5.19. The normalized spacial score (nSPS) is 24.8. The average Bonchev–Trinajstić information content (AvgIpc) is 2.32. The summed E-state index contributed by atoms with van der Waals surface area (Å²) in [5.41, 5.74) is 0.803. The molecular formula is C13H15BrINO. The van der Waals surface area contributed by atoms with E-state index in [1.807, 2.05) is 29.2 Å². The predicted octanol–water partition coefficient (Wildman–Crippen LogP) is 3.54. The highest BCUT2D eigenvalue weighted by molar-refractivity contribution is 14.1. The van der Waals surface area contributed by atoms with Crippen molar-refractivity contribution < 1.29 is 4.79 Å². The van der Waals surface area contributed by atoms with Gasteiger partial charge >= 0.3 is 0 Å². The van der Waals surface area contributed by atoms with Crippen molar-refractivity contribution in [2.24, 2.45) is 5.92 Å². The minimum Gasteiger partial charge on any atom is -0.338 e. The zero-order valence-corrected chi connectivity index (χ0v) is 13.4. The monoisotopic (exact) mass is 407 g/mol. The molecule has 2 atom stereocenters. The molecule has 1 amide bonds. The molecule has 1 aromatic carbocycles. The molecule has 0 N–H and O–H groups in total. The lowest BCUT2D eigenvalue weighted by atomic mass is 9.99. The highest BCUT2D eigenvalue weighted by Crippen LogP contribution is 2.24. The summed E-state index contributed by atoms with van der Waals surface area (Å²) in [6.07, 6.45) is 1.04. The van der Waals surface area contributed by atoms with Gasteiger partial charge in [-0.15, -0.1) is 0 Å². The van der Waals surface area contributed by atoms with Gasteiger partial charge in [-0.3, -0.25) is 4.79 Å². The first-order chi connectivity index (χ1) is 8.08. The molecule has 0 bridgehead atoms. The van der Waals surface area contributed by atoms with E-state index in [0.717, 1.165) is 28.6 Å². The van der Waals surface area contributed by atoms with Crippen LogP contribution in [0, 0.1) is 9.49 Å². The van der Waals surface area contributed by atoms with E-state index in [-0.39, 0.29) is 5.91 Å². The van der Waals surface area contributed by atoms with Crippen molar-refractivity contribution in [1.82, 2.24) is 4.90 Å². The number of benzene rings is 1. The largest absolute Gasteiger partial charge is 0.338 e. The van der Waals surface area contributed by atoms with Gasteiger partial charge in [-0.2, -0.15) is 0 Å². The number of hydrogen-bond donors (Lipinski definition) is 0. The summed E-state index contributed by atoms with van der Waals surface area (Å²) in [5.74, 6) is 0.685. The molecule has 1 aliphatic heterocycles. The first kappa shape index (κ1) is 13.3. The van der Waals surface area contributed by atoms with E-state index in [0.29, 0.717) is 10.7 Å². The zero-order valence-electron chi connectivity index (χ0n) is 9.70. The highest BCUT2D eigenvalue weighted by Gasteiger charge is 2.27. The maximum Gasteiger partial charge on any atom is 0.253 e. The molecule has 2 nitrogen and oxygen atoms in total. The van der Waals surface area contributed by atoms with Gasteiger partial charge in [0.2, 0.25) is 0 Å². The van der Waals surface area contributed by atoms with Gasteiger partial charge in [0.05, 0.1) is 0 Å². The minimum absolute atomic E-state index is 0.162. The molecule has 1 saturated heterocycles. The number of carbonyl (C=O) groups excluding carboxylic acids is 1. The van der Waals surface area contributed by atoms with Crippen LogP contribution >= 0.6 is 38.5 Å². The van der Waals surface area contributed by atoms with E-state index in [9.17, 15) is 4.79 Å². The molecule has 0 aromatic heterocycles. The van der Waals surface area contributed by atoms with Crippen LogP contribution in [0.3, 0.4) is 0 Å². The quantitative estimate of drug-likeness (QED) is 0.515. The third-order valence-electron chi connectivity index (χ3n) is 3.16. The molecule has 2 rings (SSSR count). The Morgan fingerprint density at radius 1 is 1.53 bits per heavy atom. The molecule has 1 aromatic rings. The Hall–Kier alpha value is -0.100. The lowest BCUT2D eigenvalue weighted by Gasteiger charge is -2.34. The maximum absolute atomic E-state index is 12.3. The summed E-state index contributed by atoms with van der Waals surface area (Å²) < 4.78 is 1.11. The Morgan fingerprint density at radius 3 is 2.94 bits per heavy atom. The fraction of sp³-hybridized carbons (Fsp3) is 0.462. The summed E-state index contributed by atoms with van der Waals surface area (Å²) in [6, 6.07) is 7.80. The SMILES string of the molecule is CC1CN(C(=O)c2cccc(I)c2)CCC1Br. The number of alkyl halides is 1.